The van der Waals surface area contributed by atoms with Crippen LogP contribution in [0.1, 0.15) is 13.3 Å². The zero-order valence-electron chi connectivity index (χ0n) is 16.2. The van der Waals surface area contributed by atoms with Crippen LogP contribution in [0, 0.1) is 5.92 Å². The monoisotopic (exact) mass is 405 g/mol. The molecule has 152 valence electrons. The lowest BCUT2D eigenvalue weighted by atomic mass is 9.93. The number of anilines is 2. The van der Waals surface area contributed by atoms with E-state index in [9.17, 15) is 4.21 Å². The second kappa shape index (κ2) is 8.24. The molecule has 0 spiro atoms. The van der Waals surface area contributed by atoms with Gasteiger partial charge in [-0.3, -0.25) is 14.2 Å². The van der Waals surface area contributed by atoms with E-state index in [0.29, 0.717) is 24.4 Å². The van der Waals surface area contributed by atoms with Crippen LogP contribution in [-0.2, 0) is 20.7 Å². The van der Waals surface area contributed by atoms with Crippen LogP contribution in [0.4, 0.5) is 11.4 Å². The summed E-state index contributed by atoms with van der Waals surface area (Å²) in [6.45, 7) is 5.40. The smallest absolute Gasteiger partial charge is 0.259 e. The number of hydrogen-bond donors (Lipinski definition) is 2. The fourth-order valence-corrected chi connectivity index (χ4v) is 4.56. The molecule has 2 heterocycles. The maximum Gasteiger partial charge on any atom is 0.259 e. The van der Waals surface area contributed by atoms with Crippen LogP contribution in [0.25, 0.3) is 0 Å². The molecule has 0 radical (unpaired) electrons. The minimum Gasteiger partial charge on any atom is -0.469 e. The summed E-state index contributed by atoms with van der Waals surface area (Å²) in [5.41, 5.74) is 3.06. The van der Waals surface area contributed by atoms with E-state index in [2.05, 4.69) is 40.6 Å². The molecule has 0 saturated carbocycles. The Morgan fingerprint density at radius 2 is 2.14 bits per heavy atom. The molecule has 2 N–H and O–H groups in total. The quantitative estimate of drug-likeness (QED) is 0.709. The maximum absolute atomic E-state index is 10.8. The third-order valence-corrected chi connectivity index (χ3v) is 6.10. The molecule has 8 heteroatoms. The van der Waals surface area contributed by atoms with Crippen molar-refractivity contribution in [1.29, 1.82) is 0 Å². The van der Waals surface area contributed by atoms with E-state index in [1.807, 2.05) is 24.3 Å². The van der Waals surface area contributed by atoms with Crippen molar-refractivity contribution >= 4 is 22.6 Å². The summed E-state index contributed by atoms with van der Waals surface area (Å²) in [6, 6.07) is 8.13. The topological polar surface area (TPSA) is 74.3 Å². The lowest BCUT2D eigenvalue weighted by Gasteiger charge is -2.28. The highest BCUT2D eigenvalue weighted by Crippen LogP contribution is 2.31. The molecule has 7 nitrogen and oxygen atoms in total. The van der Waals surface area contributed by atoms with Gasteiger partial charge >= 0.3 is 0 Å². The van der Waals surface area contributed by atoms with Gasteiger partial charge in [-0.25, -0.2) is 4.21 Å². The first kappa shape index (κ1) is 19.4. The van der Waals surface area contributed by atoms with Crippen LogP contribution in [0.15, 0.2) is 47.7 Å². The number of ether oxygens (including phenoxy) is 2. The van der Waals surface area contributed by atoms with Gasteiger partial charge in [0.05, 0.1) is 0 Å². The molecule has 4 unspecified atom stereocenters. The molecule has 0 aromatic heterocycles. The first-order chi connectivity index (χ1) is 13.5. The molecule has 1 aromatic rings. The van der Waals surface area contributed by atoms with Crippen molar-refractivity contribution in [2.45, 2.75) is 25.5 Å². The highest BCUT2D eigenvalue weighted by Gasteiger charge is 2.32. The second-order valence-electron chi connectivity index (χ2n) is 7.70. The van der Waals surface area contributed by atoms with E-state index in [4.69, 9.17) is 14.0 Å². The molecule has 4 rings (SSSR count). The molecular weight excluding hydrogens is 378 g/mol. The van der Waals surface area contributed by atoms with Gasteiger partial charge in [-0.15, -0.1) is 0 Å². The predicted octanol–water partition coefficient (Wildman–Crippen LogP) is 2.58. The van der Waals surface area contributed by atoms with Crippen LogP contribution >= 0.6 is 0 Å². The van der Waals surface area contributed by atoms with Crippen molar-refractivity contribution in [3.63, 3.8) is 0 Å². The molecule has 2 saturated heterocycles. The summed E-state index contributed by atoms with van der Waals surface area (Å²) < 4.78 is 33.5. The minimum absolute atomic E-state index is 0.0803. The molecule has 0 amide bonds. The van der Waals surface area contributed by atoms with Gasteiger partial charge in [-0.1, -0.05) is 13.0 Å². The number of nitrogens with zero attached hydrogens (tertiary/aromatic N) is 2. The average Bonchev–Trinajstić information content (AvgIpc) is 3.31. The summed E-state index contributed by atoms with van der Waals surface area (Å²) in [7, 11) is 2.18. The predicted molar refractivity (Wildman–Crippen MR) is 110 cm³/mol. The van der Waals surface area contributed by atoms with Crippen molar-refractivity contribution in [3.8, 4) is 0 Å². The van der Waals surface area contributed by atoms with Crippen molar-refractivity contribution < 1.29 is 18.2 Å². The number of benzene rings is 1. The normalized spacial score (nSPS) is 27.9. The molecule has 1 aromatic carbocycles. The Balaban J connectivity index is 1.34. The van der Waals surface area contributed by atoms with E-state index in [-0.39, 0.29) is 6.10 Å². The summed E-state index contributed by atoms with van der Waals surface area (Å²) in [4.78, 5) is 4.78. The van der Waals surface area contributed by atoms with E-state index in [1.54, 1.807) is 0 Å². The Bertz CT molecular complexity index is 795. The fraction of sp³-hybridized carbons (Fsp3) is 0.500. The number of rotatable bonds is 6. The maximum atomic E-state index is 10.8. The zero-order chi connectivity index (χ0) is 19.7. The van der Waals surface area contributed by atoms with E-state index >= 15 is 0 Å². The fourth-order valence-electron chi connectivity index (χ4n) is 4.22. The van der Waals surface area contributed by atoms with Gasteiger partial charge in [0.1, 0.15) is 11.9 Å². The zero-order valence-corrected chi connectivity index (χ0v) is 17.0. The van der Waals surface area contributed by atoms with Crippen molar-refractivity contribution in [2.24, 2.45) is 5.92 Å². The standard InChI is InChI=1S/C20H27N3O4S/c1-14-9-15(10-19-20(14)27-13-26-19)11-22(2)18-7-8-23(12-18)17-5-3-16(4-6-17)21-28(24)25/h3-6,9-10,14,18,20-21H,7-8,11-13H2,1-2H3,(H,24,25). The SMILES string of the molecule is CC1C=C(CN(C)C2CCN(c3ccc(NS(=O)O)cc3)C2)C=C2OCOC21. The highest BCUT2D eigenvalue weighted by molar-refractivity contribution is 7.80. The van der Waals surface area contributed by atoms with Crippen molar-refractivity contribution in [2.75, 3.05) is 43.1 Å². The Hall–Kier alpha value is -1.87. The van der Waals surface area contributed by atoms with Crippen LogP contribution < -0.4 is 9.62 Å². The first-order valence-corrected chi connectivity index (χ1v) is 10.7. The largest absolute Gasteiger partial charge is 0.469 e. The van der Waals surface area contributed by atoms with Gasteiger partial charge in [-0.2, -0.15) is 0 Å². The van der Waals surface area contributed by atoms with Crippen LogP contribution in [0.5, 0.6) is 0 Å². The summed E-state index contributed by atoms with van der Waals surface area (Å²) >= 11 is -2.04. The molecule has 28 heavy (non-hydrogen) atoms. The van der Waals surface area contributed by atoms with Gasteiger partial charge in [-0.05, 0) is 49.4 Å². The van der Waals surface area contributed by atoms with Gasteiger partial charge in [0.2, 0.25) is 0 Å². The first-order valence-electron chi connectivity index (χ1n) is 9.59. The second-order valence-corrected chi connectivity index (χ2v) is 8.40. The Kier molecular flexibility index (Phi) is 5.73. The van der Waals surface area contributed by atoms with Gasteiger partial charge < -0.3 is 14.4 Å². The minimum atomic E-state index is -2.04. The van der Waals surface area contributed by atoms with E-state index in [1.165, 1.54) is 5.57 Å². The summed E-state index contributed by atoms with van der Waals surface area (Å²) in [6.07, 6.45) is 5.62. The van der Waals surface area contributed by atoms with E-state index in [0.717, 1.165) is 37.5 Å². The van der Waals surface area contributed by atoms with Crippen LogP contribution in [0.3, 0.4) is 0 Å². The molecule has 4 atom stereocenters. The lowest BCUT2D eigenvalue weighted by molar-refractivity contribution is 0.0386. The number of nitrogens with one attached hydrogen (secondary N) is 1. The Labute approximate surface area is 168 Å². The molecule has 0 bridgehead atoms. The van der Waals surface area contributed by atoms with Gasteiger partial charge in [0.15, 0.2) is 6.79 Å². The van der Waals surface area contributed by atoms with E-state index < -0.39 is 11.3 Å². The van der Waals surface area contributed by atoms with Gasteiger partial charge in [0, 0.05) is 43.0 Å². The number of hydrogen-bond acceptors (Lipinski definition) is 5. The third kappa shape index (κ3) is 4.25. The number of likely N-dealkylation sites (N-methyl/N-ethyl adjacent to an activating group) is 1. The average molecular weight is 406 g/mol. The molecule has 2 aliphatic heterocycles. The lowest BCUT2D eigenvalue weighted by Crippen LogP contribution is -2.36. The van der Waals surface area contributed by atoms with Gasteiger partial charge in [0.25, 0.3) is 11.3 Å². The van der Waals surface area contributed by atoms with Crippen molar-refractivity contribution in [3.05, 3.63) is 47.7 Å². The molecule has 1 aliphatic carbocycles. The Morgan fingerprint density at radius 1 is 1.36 bits per heavy atom. The molecule has 2 fully saturated rings. The summed E-state index contributed by atoms with van der Waals surface area (Å²) in [5.74, 6) is 1.30. The van der Waals surface area contributed by atoms with Crippen LogP contribution in [0.2, 0.25) is 0 Å². The van der Waals surface area contributed by atoms with Crippen LogP contribution in [-0.4, -0.2) is 59.3 Å². The molecule has 3 aliphatic rings. The number of fused-ring (bicyclic) bond motifs is 1. The Morgan fingerprint density at radius 3 is 2.89 bits per heavy atom. The highest BCUT2D eigenvalue weighted by atomic mass is 32.2. The van der Waals surface area contributed by atoms with Crippen molar-refractivity contribution in [1.82, 2.24) is 4.90 Å². The summed E-state index contributed by atoms with van der Waals surface area (Å²) in [5, 5.41) is 0. The molecular formula is C20H27N3O4S. The third-order valence-electron chi connectivity index (χ3n) is 5.69.